The zero-order valence-electron chi connectivity index (χ0n) is 21.2. The summed E-state index contributed by atoms with van der Waals surface area (Å²) in [7, 11) is 0. The zero-order chi connectivity index (χ0) is 29.7. The Bertz CT molecular complexity index is 1080. The average Bonchev–Trinajstić information content (AvgIpc) is 2.93. The molecule has 2 aromatic carbocycles. The normalized spacial score (nSPS) is 14.0. The molecule has 2 rings (SSSR count). The number of rotatable bonds is 19. The van der Waals surface area contributed by atoms with E-state index in [1.807, 2.05) is 0 Å². The quantitative estimate of drug-likeness (QED) is 0.100. The molecule has 4 atom stereocenters. The van der Waals surface area contributed by atoms with Crippen molar-refractivity contribution >= 4 is 47.7 Å². The van der Waals surface area contributed by atoms with Gasteiger partial charge in [0.1, 0.15) is 35.8 Å². The van der Waals surface area contributed by atoms with Crippen LogP contribution in [-0.2, 0) is 19.2 Å². The molecule has 12 nitrogen and oxygen atoms in total. The lowest BCUT2D eigenvalue weighted by Crippen LogP contribution is -2.47. The minimum Gasteiger partial charge on any atom is -0.492 e. The third-order valence-corrected chi connectivity index (χ3v) is 6.38. The van der Waals surface area contributed by atoms with E-state index in [4.69, 9.17) is 42.9 Å². The highest BCUT2D eigenvalue weighted by Crippen LogP contribution is 2.41. The van der Waals surface area contributed by atoms with Gasteiger partial charge in [0.2, 0.25) is 0 Å². The smallest absolute Gasteiger partial charge is 0.323 e. The van der Waals surface area contributed by atoms with Gasteiger partial charge in [0.15, 0.2) is 12.6 Å². The van der Waals surface area contributed by atoms with E-state index in [0.29, 0.717) is 35.5 Å². The van der Waals surface area contributed by atoms with Crippen molar-refractivity contribution in [1.29, 1.82) is 0 Å². The fourth-order valence-electron chi connectivity index (χ4n) is 3.55. The maximum Gasteiger partial charge on any atom is 0.323 e. The minimum absolute atomic E-state index is 0.149. The monoisotopic (exact) mass is 600 g/mol. The van der Waals surface area contributed by atoms with Gasteiger partial charge in [-0.05, 0) is 38.1 Å². The van der Waals surface area contributed by atoms with Gasteiger partial charge in [-0.15, -0.1) is 0 Å². The molecule has 0 radical (unpaired) electrons. The van der Waals surface area contributed by atoms with E-state index < -0.39 is 36.2 Å². The van der Waals surface area contributed by atoms with Crippen LogP contribution in [0, 0.1) is 0 Å². The van der Waals surface area contributed by atoms with Crippen LogP contribution in [0.15, 0.2) is 36.4 Å². The Morgan fingerprint density at radius 3 is 1.45 bits per heavy atom. The summed E-state index contributed by atoms with van der Waals surface area (Å²) in [5.74, 6) is -1.98. The van der Waals surface area contributed by atoms with Crippen molar-refractivity contribution in [2.75, 3.05) is 26.3 Å². The number of nitrogens with one attached hydrogen (secondary N) is 2. The Hall–Kier alpha value is -3.26. The van der Waals surface area contributed by atoms with Crippen molar-refractivity contribution in [2.24, 2.45) is 0 Å². The molecule has 40 heavy (non-hydrogen) atoms. The molecular weight excluding hydrogens is 571 g/mol. The highest BCUT2D eigenvalue weighted by atomic mass is 35.5. The number of benzene rings is 2. The predicted octanol–water partition coefficient (Wildman–Crippen LogP) is 1.40. The summed E-state index contributed by atoms with van der Waals surface area (Å²) in [6.45, 7) is 0.650. The van der Waals surface area contributed by atoms with E-state index in [1.54, 1.807) is 36.4 Å². The number of hydrogen-bond donors (Lipinski definition) is 6. The van der Waals surface area contributed by atoms with E-state index in [1.165, 1.54) is 0 Å². The molecular formula is C26H30Cl2N2O10. The van der Waals surface area contributed by atoms with Gasteiger partial charge in [0, 0.05) is 11.1 Å². The molecule has 0 aliphatic carbocycles. The van der Waals surface area contributed by atoms with Gasteiger partial charge < -0.3 is 50.1 Å². The second-order valence-electron chi connectivity index (χ2n) is 8.43. The molecule has 0 saturated carbocycles. The number of aldehydes is 2. The Morgan fingerprint density at radius 1 is 0.750 bits per heavy atom. The molecule has 0 fully saturated rings. The maximum atomic E-state index is 11.1. The van der Waals surface area contributed by atoms with Gasteiger partial charge >= 0.3 is 11.9 Å². The predicted molar refractivity (Wildman–Crippen MR) is 145 cm³/mol. The molecule has 0 spiro atoms. The van der Waals surface area contributed by atoms with Gasteiger partial charge in [-0.25, -0.2) is 0 Å². The summed E-state index contributed by atoms with van der Waals surface area (Å²) in [6.07, 6.45) is -2.32. The Morgan fingerprint density at radius 2 is 1.12 bits per heavy atom. The Labute approximate surface area is 239 Å². The van der Waals surface area contributed by atoms with Gasteiger partial charge in [0.25, 0.3) is 0 Å². The van der Waals surface area contributed by atoms with Gasteiger partial charge in [-0.3, -0.25) is 9.59 Å². The first-order chi connectivity index (χ1) is 19.1. The number of aliphatic hydroxyl groups excluding tert-OH is 2. The lowest BCUT2D eigenvalue weighted by molar-refractivity contribution is -0.144. The maximum absolute atomic E-state index is 11.1. The molecule has 2 aromatic rings. The highest BCUT2D eigenvalue weighted by Gasteiger charge is 2.26. The summed E-state index contributed by atoms with van der Waals surface area (Å²) < 4.78 is 11.5. The number of ether oxygens (including phenoxy) is 2. The third kappa shape index (κ3) is 9.44. The number of carbonyl (C=O) groups is 4. The van der Waals surface area contributed by atoms with E-state index in [9.17, 15) is 29.4 Å². The van der Waals surface area contributed by atoms with Crippen LogP contribution in [0.4, 0.5) is 0 Å². The van der Waals surface area contributed by atoms with Gasteiger partial charge in [0.05, 0.1) is 23.3 Å². The fraction of sp³-hybridized carbons (Fsp3) is 0.385. The minimum atomic E-state index is -1.67. The van der Waals surface area contributed by atoms with Crippen LogP contribution >= 0.6 is 23.2 Å². The van der Waals surface area contributed by atoms with Crippen molar-refractivity contribution < 1.29 is 49.1 Å². The van der Waals surface area contributed by atoms with E-state index in [0.717, 1.165) is 0 Å². The largest absolute Gasteiger partial charge is 0.492 e. The molecule has 0 saturated heterocycles. The number of carboxylic acid groups (broad SMARTS) is 2. The molecule has 6 N–H and O–H groups in total. The Kier molecular flexibility index (Phi) is 13.8. The van der Waals surface area contributed by atoms with Crippen molar-refractivity contribution in [2.45, 2.75) is 37.1 Å². The summed E-state index contributed by atoms with van der Waals surface area (Å²) in [5, 5.41) is 42.8. The van der Waals surface area contributed by atoms with Crippen molar-refractivity contribution in [3.05, 3.63) is 46.4 Å². The number of halogens is 2. The van der Waals surface area contributed by atoms with Crippen LogP contribution in [-0.4, -0.2) is 95.5 Å². The molecule has 0 amide bonds. The van der Waals surface area contributed by atoms with Crippen LogP contribution < -0.4 is 20.1 Å². The summed E-state index contributed by atoms with van der Waals surface area (Å²) >= 11 is 13.2. The average molecular weight is 601 g/mol. The Balaban J connectivity index is 1.96. The number of carboxylic acids is 2. The lowest BCUT2D eigenvalue weighted by atomic mass is 10.0. The fourth-order valence-corrected chi connectivity index (χ4v) is 4.11. The second kappa shape index (κ2) is 16.8. The van der Waals surface area contributed by atoms with Crippen LogP contribution in [0.3, 0.4) is 0 Å². The number of carbonyl (C=O) groups excluding carboxylic acids is 2. The molecule has 218 valence electrons. The zero-order valence-corrected chi connectivity index (χ0v) is 22.7. The standard InChI is InChI=1S/C26H30Cl2N2O10/c27-21-15(5-1-7-19(21)39-11-3-9-29-23(25(35)36)17(33)13-31)16-6-2-8-20(22(16)28)40-12-4-10-30-24(26(37)38)18(34)14-32/h1-2,5-8,13-14,17-18,23-24,29-30,33-34H,3-4,9-12H2,(H,35,36)(H,37,38). The molecule has 0 bridgehead atoms. The van der Waals surface area contributed by atoms with Crippen LogP contribution in [0.2, 0.25) is 10.0 Å². The van der Waals surface area contributed by atoms with E-state index in [2.05, 4.69) is 10.6 Å². The highest BCUT2D eigenvalue weighted by molar-refractivity contribution is 6.38. The topological polar surface area (TPSA) is 192 Å². The second-order valence-corrected chi connectivity index (χ2v) is 9.19. The number of hydrogen-bond acceptors (Lipinski definition) is 10. The van der Waals surface area contributed by atoms with Gasteiger partial charge in [-0.1, -0.05) is 47.5 Å². The summed E-state index contributed by atoms with van der Waals surface area (Å²) in [4.78, 5) is 43.6. The third-order valence-electron chi connectivity index (χ3n) is 5.60. The molecule has 0 aliphatic rings. The number of aliphatic hydroxyl groups is 2. The molecule has 0 heterocycles. The van der Waals surface area contributed by atoms with Crippen molar-refractivity contribution in [3.8, 4) is 22.6 Å². The first-order valence-corrected chi connectivity index (χ1v) is 12.9. The molecule has 0 aromatic heterocycles. The molecule has 0 aliphatic heterocycles. The van der Waals surface area contributed by atoms with Crippen molar-refractivity contribution in [1.82, 2.24) is 10.6 Å². The number of aliphatic carboxylic acids is 2. The van der Waals surface area contributed by atoms with Crippen LogP contribution in [0.5, 0.6) is 11.5 Å². The SMILES string of the molecule is O=CC(O)C(NCCCOc1cccc(-c2cccc(OCCCNC(C(=O)O)C(O)C=O)c2Cl)c1Cl)C(=O)O. The van der Waals surface area contributed by atoms with Crippen LogP contribution in [0.25, 0.3) is 11.1 Å². The first-order valence-electron chi connectivity index (χ1n) is 12.1. The van der Waals surface area contributed by atoms with Crippen LogP contribution in [0.1, 0.15) is 12.8 Å². The van der Waals surface area contributed by atoms with E-state index in [-0.39, 0.29) is 48.9 Å². The lowest BCUT2D eigenvalue weighted by Gasteiger charge is -2.17. The molecule has 14 heteroatoms. The van der Waals surface area contributed by atoms with E-state index >= 15 is 0 Å². The summed E-state index contributed by atoms with van der Waals surface area (Å²) in [6, 6.07) is 7.40. The first kappa shape index (κ1) is 32.9. The summed E-state index contributed by atoms with van der Waals surface area (Å²) in [5.41, 5.74) is 1.14. The molecule has 4 unspecified atom stereocenters. The van der Waals surface area contributed by atoms with Crippen molar-refractivity contribution in [3.63, 3.8) is 0 Å². The van der Waals surface area contributed by atoms with Gasteiger partial charge in [-0.2, -0.15) is 0 Å².